The monoisotopic (exact) mass is 259 g/mol. The van der Waals surface area contributed by atoms with Crippen LogP contribution >= 0.6 is 0 Å². The number of aliphatic hydroxyl groups excluding tert-OH is 2. The highest BCUT2D eigenvalue weighted by Gasteiger charge is 2.08. The minimum absolute atomic E-state index is 0.152. The lowest BCUT2D eigenvalue weighted by atomic mass is 10.0. The first-order chi connectivity index (χ1) is 8.74. The van der Waals surface area contributed by atoms with Crippen LogP contribution in [0.3, 0.4) is 0 Å². The lowest BCUT2D eigenvalue weighted by Gasteiger charge is -2.18. The van der Waals surface area contributed by atoms with Crippen molar-refractivity contribution in [2.24, 2.45) is 0 Å². The SMILES string of the molecule is CCCCCCCCCC(CC)NCC(O)CO. The molecule has 3 heteroatoms. The maximum atomic E-state index is 9.28. The van der Waals surface area contributed by atoms with Crippen molar-refractivity contribution in [3.63, 3.8) is 0 Å². The van der Waals surface area contributed by atoms with Gasteiger partial charge in [-0.1, -0.05) is 58.8 Å². The van der Waals surface area contributed by atoms with Crippen molar-refractivity contribution in [1.82, 2.24) is 5.32 Å². The largest absolute Gasteiger partial charge is 0.394 e. The average molecular weight is 259 g/mol. The van der Waals surface area contributed by atoms with Crippen molar-refractivity contribution in [2.45, 2.75) is 83.8 Å². The van der Waals surface area contributed by atoms with Crippen LogP contribution in [0.25, 0.3) is 0 Å². The van der Waals surface area contributed by atoms with Crippen LogP contribution in [0.2, 0.25) is 0 Å². The first kappa shape index (κ1) is 17.9. The van der Waals surface area contributed by atoms with E-state index in [1.165, 1.54) is 51.4 Å². The molecule has 0 fully saturated rings. The van der Waals surface area contributed by atoms with E-state index >= 15 is 0 Å². The number of rotatable bonds is 13. The fourth-order valence-electron chi connectivity index (χ4n) is 2.17. The summed E-state index contributed by atoms with van der Waals surface area (Å²) in [7, 11) is 0. The zero-order valence-corrected chi connectivity index (χ0v) is 12.3. The van der Waals surface area contributed by atoms with Gasteiger partial charge < -0.3 is 15.5 Å². The summed E-state index contributed by atoms with van der Waals surface area (Å²) in [4.78, 5) is 0. The van der Waals surface area contributed by atoms with Crippen LogP contribution in [0.4, 0.5) is 0 Å². The summed E-state index contributed by atoms with van der Waals surface area (Å²) in [6.07, 6.45) is 11.1. The van der Waals surface area contributed by atoms with Gasteiger partial charge in [-0.05, 0) is 12.8 Å². The Balaban J connectivity index is 3.38. The van der Waals surface area contributed by atoms with Crippen molar-refractivity contribution < 1.29 is 10.2 Å². The smallest absolute Gasteiger partial charge is 0.0895 e. The topological polar surface area (TPSA) is 52.5 Å². The maximum absolute atomic E-state index is 9.28. The molecule has 0 saturated heterocycles. The Morgan fingerprint density at radius 3 is 2.11 bits per heavy atom. The summed E-state index contributed by atoms with van der Waals surface area (Å²) in [6.45, 7) is 4.77. The van der Waals surface area contributed by atoms with Gasteiger partial charge in [0.05, 0.1) is 12.7 Å². The Morgan fingerprint density at radius 2 is 1.56 bits per heavy atom. The van der Waals surface area contributed by atoms with Crippen LogP contribution < -0.4 is 5.32 Å². The third kappa shape index (κ3) is 11.0. The fraction of sp³-hybridized carbons (Fsp3) is 1.00. The second kappa shape index (κ2) is 13.3. The molecule has 0 heterocycles. The second-order valence-corrected chi connectivity index (χ2v) is 5.26. The fourth-order valence-corrected chi connectivity index (χ4v) is 2.17. The molecule has 0 rings (SSSR count). The van der Waals surface area contributed by atoms with Gasteiger partial charge in [-0.3, -0.25) is 0 Å². The van der Waals surface area contributed by atoms with Crippen molar-refractivity contribution >= 4 is 0 Å². The van der Waals surface area contributed by atoms with Crippen LogP contribution in [-0.2, 0) is 0 Å². The van der Waals surface area contributed by atoms with E-state index in [0.29, 0.717) is 12.6 Å². The first-order valence-electron chi connectivity index (χ1n) is 7.76. The lowest BCUT2D eigenvalue weighted by Crippen LogP contribution is -2.36. The summed E-state index contributed by atoms with van der Waals surface area (Å²) in [6, 6.07) is 0.488. The van der Waals surface area contributed by atoms with Gasteiger partial charge >= 0.3 is 0 Å². The number of hydrogen-bond acceptors (Lipinski definition) is 3. The minimum atomic E-state index is -0.618. The molecule has 0 aliphatic heterocycles. The molecule has 0 aromatic rings. The molecule has 0 spiro atoms. The molecule has 3 nitrogen and oxygen atoms in total. The highest BCUT2D eigenvalue weighted by molar-refractivity contribution is 4.67. The van der Waals surface area contributed by atoms with Crippen LogP contribution in [0, 0.1) is 0 Å². The van der Waals surface area contributed by atoms with E-state index in [4.69, 9.17) is 5.11 Å². The summed E-state index contributed by atoms with van der Waals surface area (Å²) in [5.74, 6) is 0. The van der Waals surface area contributed by atoms with E-state index in [1.807, 2.05) is 0 Å². The molecule has 0 aliphatic rings. The van der Waals surface area contributed by atoms with Gasteiger partial charge in [0.15, 0.2) is 0 Å². The summed E-state index contributed by atoms with van der Waals surface area (Å²) >= 11 is 0. The number of hydrogen-bond donors (Lipinski definition) is 3. The molecule has 3 N–H and O–H groups in total. The van der Waals surface area contributed by atoms with Gasteiger partial charge in [0.25, 0.3) is 0 Å². The maximum Gasteiger partial charge on any atom is 0.0895 e. The van der Waals surface area contributed by atoms with Gasteiger partial charge in [0, 0.05) is 12.6 Å². The van der Waals surface area contributed by atoms with Gasteiger partial charge in [-0.15, -0.1) is 0 Å². The van der Waals surface area contributed by atoms with E-state index < -0.39 is 6.10 Å². The Kier molecular flexibility index (Phi) is 13.2. The highest BCUT2D eigenvalue weighted by atomic mass is 16.3. The van der Waals surface area contributed by atoms with Crippen LogP contribution in [-0.4, -0.2) is 35.5 Å². The quantitative estimate of drug-likeness (QED) is 0.446. The molecule has 2 unspecified atom stereocenters. The predicted molar refractivity (Wildman–Crippen MR) is 77.8 cm³/mol. The van der Waals surface area contributed by atoms with Crippen molar-refractivity contribution in [1.29, 1.82) is 0 Å². The third-order valence-electron chi connectivity index (χ3n) is 3.50. The van der Waals surface area contributed by atoms with Crippen molar-refractivity contribution in [2.75, 3.05) is 13.2 Å². The summed E-state index contributed by atoms with van der Waals surface area (Å²) in [5.41, 5.74) is 0. The molecule has 0 aromatic carbocycles. The predicted octanol–water partition coefficient (Wildman–Crippen LogP) is 2.85. The molecule has 18 heavy (non-hydrogen) atoms. The number of aliphatic hydroxyl groups is 2. The molecule has 0 saturated carbocycles. The zero-order valence-electron chi connectivity index (χ0n) is 12.3. The molecular formula is C15H33NO2. The molecule has 0 bridgehead atoms. The molecule has 0 aromatic heterocycles. The third-order valence-corrected chi connectivity index (χ3v) is 3.50. The van der Waals surface area contributed by atoms with Gasteiger partial charge in [-0.2, -0.15) is 0 Å². The second-order valence-electron chi connectivity index (χ2n) is 5.26. The lowest BCUT2D eigenvalue weighted by molar-refractivity contribution is 0.0913. The van der Waals surface area contributed by atoms with E-state index in [9.17, 15) is 5.11 Å². The molecule has 0 aliphatic carbocycles. The van der Waals surface area contributed by atoms with E-state index in [0.717, 1.165) is 6.42 Å². The first-order valence-corrected chi connectivity index (χ1v) is 7.76. The summed E-state index contributed by atoms with van der Waals surface area (Å²) in [5, 5.41) is 21.4. The van der Waals surface area contributed by atoms with Gasteiger partial charge in [0.1, 0.15) is 0 Å². The Bertz CT molecular complexity index is 165. The van der Waals surface area contributed by atoms with E-state index in [2.05, 4.69) is 19.2 Å². The summed E-state index contributed by atoms with van der Waals surface area (Å²) < 4.78 is 0. The van der Waals surface area contributed by atoms with Crippen LogP contribution in [0.15, 0.2) is 0 Å². The van der Waals surface area contributed by atoms with Crippen molar-refractivity contribution in [3.05, 3.63) is 0 Å². The Hall–Kier alpha value is -0.120. The molecule has 110 valence electrons. The molecule has 2 atom stereocenters. The number of nitrogens with one attached hydrogen (secondary N) is 1. The average Bonchev–Trinajstić information content (AvgIpc) is 2.40. The van der Waals surface area contributed by atoms with Crippen LogP contribution in [0.1, 0.15) is 71.6 Å². The molecular weight excluding hydrogens is 226 g/mol. The molecule has 0 radical (unpaired) electrons. The van der Waals surface area contributed by atoms with Gasteiger partial charge in [0.2, 0.25) is 0 Å². The van der Waals surface area contributed by atoms with E-state index in [-0.39, 0.29) is 6.61 Å². The molecule has 0 amide bonds. The van der Waals surface area contributed by atoms with Crippen LogP contribution in [0.5, 0.6) is 0 Å². The minimum Gasteiger partial charge on any atom is -0.394 e. The Morgan fingerprint density at radius 1 is 0.944 bits per heavy atom. The van der Waals surface area contributed by atoms with Crippen molar-refractivity contribution in [3.8, 4) is 0 Å². The van der Waals surface area contributed by atoms with E-state index in [1.54, 1.807) is 0 Å². The standard InChI is InChI=1S/C15H33NO2/c1-3-5-6-7-8-9-10-11-14(4-2)16-12-15(18)13-17/h14-18H,3-13H2,1-2H3. The Labute approximate surface area is 113 Å². The van der Waals surface area contributed by atoms with Gasteiger partial charge in [-0.25, -0.2) is 0 Å². The number of unbranched alkanes of at least 4 members (excludes halogenated alkanes) is 6. The highest BCUT2D eigenvalue weighted by Crippen LogP contribution is 2.10. The zero-order chi connectivity index (χ0) is 13.6. The normalized spacial score (nSPS) is 14.7.